The molecule has 1 aliphatic carbocycles. The molecule has 4 aromatic rings. The topological polar surface area (TPSA) is 67.2 Å². The fraction of sp³-hybridized carbons (Fsp3) is 0.250. The summed E-state index contributed by atoms with van der Waals surface area (Å²) in [4.78, 5) is 28.1. The minimum Gasteiger partial charge on any atom is -0.350 e. The van der Waals surface area contributed by atoms with Gasteiger partial charge in [0.25, 0.3) is 0 Å². The molecule has 1 N–H and O–H groups in total. The highest BCUT2D eigenvalue weighted by molar-refractivity contribution is 6.31. The largest absolute Gasteiger partial charge is 0.350 e. The van der Waals surface area contributed by atoms with Crippen molar-refractivity contribution >= 4 is 40.0 Å². The maximum Gasteiger partial charge on any atom is 0.232 e. The Morgan fingerprint density at radius 1 is 1.06 bits per heavy atom. The number of amides is 2. The summed E-state index contributed by atoms with van der Waals surface area (Å²) in [7, 11) is 0. The number of nitrogens with one attached hydrogen (secondary N) is 1. The predicted octanol–water partition coefficient (Wildman–Crippen LogP) is 5.44. The van der Waals surface area contributed by atoms with Gasteiger partial charge in [-0.2, -0.15) is 5.10 Å². The number of halogens is 2. The fourth-order valence-corrected chi connectivity index (χ4v) is 5.32. The van der Waals surface area contributed by atoms with Gasteiger partial charge in [-0.05, 0) is 66.9 Å². The van der Waals surface area contributed by atoms with E-state index in [1.54, 1.807) is 34.0 Å². The number of anilines is 1. The minimum absolute atomic E-state index is 0.00502. The summed E-state index contributed by atoms with van der Waals surface area (Å²) < 4.78 is 15.1. The van der Waals surface area contributed by atoms with Crippen LogP contribution in [0.5, 0.6) is 0 Å². The zero-order valence-electron chi connectivity index (χ0n) is 19.6. The van der Waals surface area contributed by atoms with Crippen LogP contribution >= 0.6 is 11.6 Å². The van der Waals surface area contributed by atoms with Crippen LogP contribution in [0.1, 0.15) is 31.4 Å². The van der Waals surface area contributed by atoms with Crippen molar-refractivity contribution in [2.45, 2.75) is 31.8 Å². The van der Waals surface area contributed by atoms with E-state index in [0.717, 1.165) is 35.0 Å². The third-order valence-electron chi connectivity index (χ3n) is 7.17. The van der Waals surface area contributed by atoms with Gasteiger partial charge in [0.1, 0.15) is 5.82 Å². The highest BCUT2D eigenvalue weighted by atomic mass is 35.5. The Morgan fingerprint density at radius 2 is 1.78 bits per heavy atom. The Kier molecular flexibility index (Phi) is 5.52. The average molecular weight is 503 g/mol. The number of benzene rings is 3. The maximum atomic E-state index is 13.6. The van der Waals surface area contributed by atoms with Crippen molar-refractivity contribution in [2.24, 2.45) is 11.8 Å². The van der Waals surface area contributed by atoms with E-state index in [4.69, 9.17) is 11.6 Å². The second-order valence-electron chi connectivity index (χ2n) is 9.55. The second-order valence-corrected chi connectivity index (χ2v) is 9.96. The monoisotopic (exact) mass is 502 g/mol. The molecule has 3 atom stereocenters. The molecule has 1 aliphatic heterocycles. The van der Waals surface area contributed by atoms with Gasteiger partial charge in [-0.25, -0.2) is 9.07 Å². The molecule has 1 aromatic heterocycles. The summed E-state index contributed by atoms with van der Waals surface area (Å²) in [5, 5.41) is 9.02. The molecule has 6 nitrogen and oxygen atoms in total. The summed E-state index contributed by atoms with van der Waals surface area (Å²) in [5.41, 5.74) is 3.06. The van der Waals surface area contributed by atoms with Crippen LogP contribution in [-0.4, -0.2) is 27.6 Å². The molecule has 6 rings (SSSR count). The molecule has 0 bridgehead atoms. The molecule has 3 aromatic carbocycles. The highest BCUT2D eigenvalue weighted by Crippen LogP contribution is 2.43. The lowest BCUT2D eigenvalue weighted by molar-refractivity contribution is -0.123. The van der Waals surface area contributed by atoms with Crippen molar-refractivity contribution in [3.8, 4) is 5.69 Å². The number of hydrogen-bond acceptors (Lipinski definition) is 3. The fourth-order valence-electron chi connectivity index (χ4n) is 5.07. The van der Waals surface area contributed by atoms with E-state index >= 15 is 0 Å². The van der Waals surface area contributed by atoms with Crippen LogP contribution in [0.15, 0.2) is 72.9 Å². The molecule has 36 heavy (non-hydrogen) atoms. The first-order valence-corrected chi connectivity index (χ1v) is 12.4. The third kappa shape index (κ3) is 3.84. The molecule has 1 saturated heterocycles. The predicted molar refractivity (Wildman–Crippen MR) is 137 cm³/mol. The van der Waals surface area contributed by atoms with Gasteiger partial charge in [-0.15, -0.1) is 0 Å². The first-order chi connectivity index (χ1) is 17.4. The number of carbonyl (C=O) groups is 2. The molecule has 0 radical (unpaired) electrons. The van der Waals surface area contributed by atoms with Crippen molar-refractivity contribution in [3.05, 3.63) is 89.3 Å². The standard InChI is InChI=1S/C28H24ClFN4O2/c1-16-25(32-27(35)17-6-7-17)26(22-4-2-3-5-23(22)29)33(28(16)36)21-12-13-24-18(14-21)15-31-34(24)20-10-8-19(30)9-11-20/h2-5,8-17,25-26H,6-7H2,1H3,(H,32,35)/t16-,25+,26?/m1/s1. The first-order valence-electron chi connectivity index (χ1n) is 12.0. The van der Waals surface area contributed by atoms with Crippen LogP contribution in [-0.2, 0) is 9.59 Å². The molecule has 2 amide bonds. The number of rotatable bonds is 5. The van der Waals surface area contributed by atoms with Gasteiger partial charge in [0.2, 0.25) is 11.8 Å². The van der Waals surface area contributed by atoms with Crippen LogP contribution < -0.4 is 10.2 Å². The van der Waals surface area contributed by atoms with Gasteiger partial charge in [-0.1, -0.05) is 36.7 Å². The molecule has 2 fully saturated rings. The Hall–Kier alpha value is -3.71. The molecule has 2 aliphatic rings. The van der Waals surface area contributed by atoms with E-state index in [1.165, 1.54) is 12.1 Å². The summed E-state index contributed by atoms with van der Waals surface area (Å²) in [6, 6.07) is 18.4. The van der Waals surface area contributed by atoms with Crippen LogP contribution in [0, 0.1) is 17.7 Å². The second kappa shape index (κ2) is 8.75. The lowest BCUT2D eigenvalue weighted by Gasteiger charge is -2.30. The van der Waals surface area contributed by atoms with Gasteiger partial charge < -0.3 is 10.2 Å². The molecule has 182 valence electrons. The molecule has 2 heterocycles. The lowest BCUT2D eigenvalue weighted by atomic mass is 9.94. The molecule has 8 heteroatoms. The van der Waals surface area contributed by atoms with Gasteiger partial charge >= 0.3 is 0 Å². The third-order valence-corrected chi connectivity index (χ3v) is 7.51. The number of carbonyl (C=O) groups excluding carboxylic acids is 2. The van der Waals surface area contributed by atoms with Gasteiger partial charge in [-0.3, -0.25) is 9.59 Å². The van der Waals surface area contributed by atoms with Crippen molar-refractivity contribution in [1.29, 1.82) is 0 Å². The van der Waals surface area contributed by atoms with Gasteiger partial charge in [0.15, 0.2) is 0 Å². The van der Waals surface area contributed by atoms with E-state index in [1.807, 2.05) is 43.3 Å². The number of aromatic nitrogens is 2. The van der Waals surface area contributed by atoms with Crippen molar-refractivity contribution < 1.29 is 14.0 Å². The van der Waals surface area contributed by atoms with Crippen LogP contribution in [0.3, 0.4) is 0 Å². The van der Waals surface area contributed by atoms with Crippen molar-refractivity contribution in [1.82, 2.24) is 15.1 Å². The number of nitrogens with zero attached hydrogens (tertiary/aromatic N) is 3. The Morgan fingerprint density at radius 3 is 2.50 bits per heavy atom. The Labute approximate surface area is 212 Å². The quantitative estimate of drug-likeness (QED) is 0.395. The van der Waals surface area contributed by atoms with E-state index in [9.17, 15) is 14.0 Å². The maximum absolute atomic E-state index is 13.6. The smallest absolute Gasteiger partial charge is 0.232 e. The van der Waals surface area contributed by atoms with Gasteiger partial charge in [0, 0.05) is 22.0 Å². The van der Waals surface area contributed by atoms with Crippen LogP contribution in [0.2, 0.25) is 5.02 Å². The van der Waals surface area contributed by atoms with E-state index in [0.29, 0.717) is 10.7 Å². The Bertz CT molecular complexity index is 1480. The first kappa shape index (κ1) is 22.7. The zero-order chi connectivity index (χ0) is 25.0. The zero-order valence-corrected chi connectivity index (χ0v) is 20.3. The van der Waals surface area contributed by atoms with E-state index in [-0.39, 0.29) is 23.5 Å². The molecule has 1 unspecified atom stereocenters. The number of fused-ring (bicyclic) bond motifs is 1. The SMILES string of the molecule is C[C@H]1C(=O)N(c2ccc3c(cnn3-c3ccc(F)cc3)c2)C(c2ccccc2Cl)[C@H]1NC(=O)C1CC1. The normalized spacial score (nSPS) is 21.8. The Balaban J connectivity index is 1.42. The van der Waals surface area contributed by atoms with Gasteiger partial charge in [0.05, 0.1) is 35.4 Å². The minimum atomic E-state index is -0.450. The van der Waals surface area contributed by atoms with Crippen LogP contribution in [0.25, 0.3) is 16.6 Å². The molecular formula is C28H24ClFN4O2. The lowest BCUT2D eigenvalue weighted by Crippen LogP contribution is -2.42. The molecule has 0 spiro atoms. The summed E-state index contributed by atoms with van der Waals surface area (Å²) in [5.74, 6) is -0.789. The van der Waals surface area contributed by atoms with Crippen LogP contribution in [0.4, 0.5) is 10.1 Å². The van der Waals surface area contributed by atoms with Crippen molar-refractivity contribution in [2.75, 3.05) is 4.90 Å². The number of hydrogen-bond donors (Lipinski definition) is 1. The highest BCUT2D eigenvalue weighted by Gasteiger charge is 2.49. The van der Waals surface area contributed by atoms with Crippen molar-refractivity contribution in [3.63, 3.8) is 0 Å². The average Bonchev–Trinajstić information content (AvgIpc) is 3.61. The molecule has 1 saturated carbocycles. The summed E-state index contributed by atoms with van der Waals surface area (Å²) >= 11 is 6.62. The summed E-state index contributed by atoms with van der Waals surface area (Å²) in [6.45, 7) is 1.86. The molecular weight excluding hydrogens is 479 g/mol. The van der Waals surface area contributed by atoms with E-state index in [2.05, 4.69) is 10.4 Å². The summed E-state index contributed by atoms with van der Waals surface area (Å²) in [6.07, 6.45) is 3.50. The van der Waals surface area contributed by atoms with E-state index < -0.39 is 18.0 Å².